The number of rotatable bonds is 1. The van der Waals surface area contributed by atoms with Gasteiger partial charge in [-0.15, -0.1) is 0 Å². The zero-order valence-corrected chi connectivity index (χ0v) is 9.77. The molecule has 0 atom stereocenters. The minimum Gasteiger partial charge on any atom is -0.0798 e. The number of hydrogen-bond donors (Lipinski definition) is 0. The van der Waals surface area contributed by atoms with Gasteiger partial charge in [-0.2, -0.15) is 0 Å². The summed E-state index contributed by atoms with van der Waals surface area (Å²) in [6, 6.07) is 17.0. The lowest BCUT2D eigenvalue weighted by Crippen LogP contribution is -2.25. The molecule has 0 spiro atoms. The van der Waals surface area contributed by atoms with E-state index in [1.165, 1.54) is 21.6 Å². The molecule has 0 heterocycles. The van der Waals surface area contributed by atoms with E-state index in [4.69, 9.17) is 0 Å². The van der Waals surface area contributed by atoms with E-state index in [1.54, 1.807) is 0 Å². The molecule has 0 bridgehead atoms. The first-order valence-electron chi connectivity index (χ1n) is 5.64. The van der Waals surface area contributed by atoms with Crippen LogP contribution >= 0.6 is 0 Å². The summed E-state index contributed by atoms with van der Waals surface area (Å²) in [4.78, 5) is 0. The van der Waals surface area contributed by atoms with Gasteiger partial charge in [-0.3, -0.25) is 0 Å². The Balaban J connectivity index is 2.78. The Bertz CT molecular complexity index is 577. The lowest BCUT2D eigenvalue weighted by atomic mass is 10.0. The molecule has 0 unspecified atom stereocenters. The van der Waals surface area contributed by atoms with Crippen LogP contribution in [0.4, 0.5) is 0 Å². The molecule has 0 saturated carbocycles. The van der Waals surface area contributed by atoms with E-state index in [1.807, 2.05) is 0 Å². The second-order valence-electron chi connectivity index (χ2n) is 3.75. The maximum absolute atomic E-state index is 2.18. The summed E-state index contributed by atoms with van der Waals surface area (Å²) >= 11 is 0. The predicted octanol–water partition coefficient (Wildman–Crippen LogP) is 2.95. The fraction of sp³-hybridized carbons (Fsp3) is 0.125. The van der Waals surface area contributed by atoms with Crippen LogP contribution in [0.25, 0.3) is 23.3 Å². The van der Waals surface area contributed by atoms with Crippen LogP contribution in [0.5, 0.6) is 0 Å². The average Bonchev–Trinajstić information content (AvgIpc) is 2.38. The van der Waals surface area contributed by atoms with E-state index in [0.717, 1.165) is 0 Å². The van der Waals surface area contributed by atoms with Crippen molar-refractivity contribution in [2.45, 2.75) is 13.8 Å². The Morgan fingerprint density at radius 1 is 0.750 bits per heavy atom. The van der Waals surface area contributed by atoms with E-state index in [0.29, 0.717) is 0 Å². The quantitative estimate of drug-likeness (QED) is 0.676. The zero-order valence-electron chi connectivity index (χ0n) is 9.77. The van der Waals surface area contributed by atoms with Gasteiger partial charge in [0.05, 0.1) is 0 Å². The molecule has 0 heteroatoms. The van der Waals surface area contributed by atoms with E-state index in [9.17, 15) is 0 Å². The van der Waals surface area contributed by atoms with Crippen molar-refractivity contribution < 1.29 is 0 Å². The first kappa shape index (κ1) is 10.7. The van der Waals surface area contributed by atoms with E-state index in [-0.39, 0.29) is 0 Å². The molecule has 2 rings (SSSR count). The van der Waals surface area contributed by atoms with Crippen LogP contribution in [0, 0.1) is 0 Å². The Kier molecular flexibility index (Phi) is 3.21. The van der Waals surface area contributed by atoms with Crippen molar-refractivity contribution in [3.63, 3.8) is 0 Å². The fourth-order valence-electron chi connectivity index (χ4n) is 2.03. The monoisotopic (exact) mass is 208 g/mol. The van der Waals surface area contributed by atoms with Gasteiger partial charge in [0, 0.05) is 0 Å². The van der Waals surface area contributed by atoms with Crippen LogP contribution in [0.15, 0.2) is 48.5 Å². The third-order valence-electron chi connectivity index (χ3n) is 2.82. The molecule has 0 amide bonds. The van der Waals surface area contributed by atoms with E-state index in [2.05, 4.69) is 74.5 Å². The standard InChI is InChI=1S/C16H16/c1-3-13-11-8-12-16(15(13)4-2)14-9-6-5-7-10-14/h3-12H,1-2H3. The minimum atomic E-state index is 1.28. The van der Waals surface area contributed by atoms with Crippen LogP contribution in [-0.4, -0.2) is 0 Å². The Morgan fingerprint density at radius 3 is 2.12 bits per heavy atom. The SMILES string of the molecule is CC=c1cccc(-c2ccccc2)c1=CC. The maximum Gasteiger partial charge on any atom is -0.0109 e. The van der Waals surface area contributed by atoms with Gasteiger partial charge >= 0.3 is 0 Å². The van der Waals surface area contributed by atoms with Gasteiger partial charge in [-0.25, -0.2) is 0 Å². The molecule has 2 aromatic carbocycles. The molecule has 0 aliphatic carbocycles. The third-order valence-corrected chi connectivity index (χ3v) is 2.82. The average molecular weight is 208 g/mol. The smallest absolute Gasteiger partial charge is 0.0109 e. The van der Waals surface area contributed by atoms with Gasteiger partial charge < -0.3 is 0 Å². The molecular weight excluding hydrogens is 192 g/mol. The second kappa shape index (κ2) is 4.80. The third kappa shape index (κ3) is 1.92. The Labute approximate surface area is 96.6 Å². The number of benzene rings is 2. The first-order valence-corrected chi connectivity index (χ1v) is 5.64. The molecule has 0 radical (unpaired) electrons. The van der Waals surface area contributed by atoms with Crippen LogP contribution in [0.2, 0.25) is 0 Å². The van der Waals surface area contributed by atoms with Crippen molar-refractivity contribution in [3.05, 3.63) is 59.0 Å². The first-order chi connectivity index (χ1) is 7.86. The second-order valence-corrected chi connectivity index (χ2v) is 3.75. The highest BCUT2D eigenvalue weighted by atomic mass is 14.0. The lowest BCUT2D eigenvalue weighted by Gasteiger charge is -2.03. The molecule has 0 N–H and O–H groups in total. The van der Waals surface area contributed by atoms with Crippen molar-refractivity contribution in [1.29, 1.82) is 0 Å². The fourth-order valence-corrected chi connectivity index (χ4v) is 2.03. The van der Waals surface area contributed by atoms with Crippen molar-refractivity contribution in [2.75, 3.05) is 0 Å². The summed E-state index contributed by atoms with van der Waals surface area (Å²) in [5.41, 5.74) is 2.58. The minimum absolute atomic E-state index is 1.28. The maximum atomic E-state index is 2.18. The molecule has 0 nitrogen and oxygen atoms in total. The van der Waals surface area contributed by atoms with Crippen LogP contribution < -0.4 is 10.4 Å². The van der Waals surface area contributed by atoms with Gasteiger partial charge in [0.1, 0.15) is 0 Å². The van der Waals surface area contributed by atoms with E-state index >= 15 is 0 Å². The highest BCUT2D eigenvalue weighted by molar-refractivity contribution is 5.65. The summed E-state index contributed by atoms with van der Waals surface area (Å²) in [6.45, 7) is 4.17. The Morgan fingerprint density at radius 2 is 1.50 bits per heavy atom. The highest BCUT2D eigenvalue weighted by Crippen LogP contribution is 2.12. The molecule has 0 fully saturated rings. The molecule has 0 aliphatic heterocycles. The Hall–Kier alpha value is -1.82. The molecule has 0 aromatic heterocycles. The van der Waals surface area contributed by atoms with Crippen molar-refractivity contribution >= 4 is 12.2 Å². The molecular formula is C16H16. The lowest BCUT2D eigenvalue weighted by molar-refractivity contribution is 1.48. The van der Waals surface area contributed by atoms with Gasteiger partial charge in [0.25, 0.3) is 0 Å². The van der Waals surface area contributed by atoms with Gasteiger partial charge in [0.15, 0.2) is 0 Å². The summed E-state index contributed by atoms with van der Waals surface area (Å²) in [7, 11) is 0. The zero-order chi connectivity index (χ0) is 11.4. The summed E-state index contributed by atoms with van der Waals surface area (Å²) < 4.78 is 0. The predicted molar refractivity (Wildman–Crippen MR) is 71.4 cm³/mol. The van der Waals surface area contributed by atoms with Crippen LogP contribution in [-0.2, 0) is 0 Å². The van der Waals surface area contributed by atoms with Crippen molar-refractivity contribution in [3.8, 4) is 11.1 Å². The van der Waals surface area contributed by atoms with Crippen molar-refractivity contribution in [1.82, 2.24) is 0 Å². The van der Waals surface area contributed by atoms with Gasteiger partial charge in [-0.05, 0) is 35.4 Å². The van der Waals surface area contributed by atoms with Crippen molar-refractivity contribution in [2.24, 2.45) is 0 Å². The van der Waals surface area contributed by atoms with Crippen LogP contribution in [0.1, 0.15) is 13.8 Å². The molecule has 0 aliphatic rings. The topological polar surface area (TPSA) is 0 Å². The van der Waals surface area contributed by atoms with Crippen LogP contribution in [0.3, 0.4) is 0 Å². The molecule has 0 saturated heterocycles. The summed E-state index contributed by atoms with van der Waals surface area (Å²) in [6.07, 6.45) is 4.33. The summed E-state index contributed by atoms with van der Waals surface area (Å²) in [5, 5.41) is 2.61. The summed E-state index contributed by atoms with van der Waals surface area (Å²) in [5.74, 6) is 0. The molecule has 2 aromatic rings. The number of hydrogen-bond acceptors (Lipinski definition) is 0. The normalized spacial score (nSPS) is 13.1. The van der Waals surface area contributed by atoms with Gasteiger partial charge in [0.2, 0.25) is 0 Å². The largest absolute Gasteiger partial charge is 0.0798 e. The van der Waals surface area contributed by atoms with E-state index < -0.39 is 0 Å². The molecule has 80 valence electrons. The molecule has 16 heavy (non-hydrogen) atoms. The highest BCUT2D eigenvalue weighted by Gasteiger charge is 1.98. The van der Waals surface area contributed by atoms with Gasteiger partial charge in [-0.1, -0.05) is 60.7 Å².